The lowest BCUT2D eigenvalue weighted by atomic mass is 9.99. The van der Waals surface area contributed by atoms with Gasteiger partial charge in [-0.05, 0) is 108 Å². The van der Waals surface area contributed by atoms with Crippen LogP contribution in [0.2, 0.25) is 5.02 Å². The zero-order valence-corrected chi connectivity index (χ0v) is 59.6. The highest BCUT2D eigenvalue weighted by Crippen LogP contribution is 2.25. The number of nitrogens with two attached hydrogens (primary N) is 2. The fourth-order valence-corrected chi connectivity index (χ4v) is 13.1. The maximum absolute atomic E-state index is 15.3. The van der Waals surface area contributed by atoms with Crippen LogP contribution in [0, 0.1) is 11.3 Å². The van der Waals surface area contributed by atoms with Crippen molar-refractivity contribution in [1.29, 1.82) is 5.41 Å². The van der Waals surface area contributed by atoms with Gasteiger partial charge in [0.15, 0.2) is 5.96 Å². The Morgan fingerprint density at radius 1 is 0.528 bits per heavy atom. The standard InChI is InChI=1S/C75H90ClN17O13/c1-41(2)30-57(66(98)86-56(18-10-28-80-75(78)79)74(106)93-29-11-19-64(93)73(105)84-39-65(77)97)87-70(102)61(34-46-37-82-54-16-8-5-13-51(46)54)90-68(100)59(32-44-22-26-49(96)27-23-44)89-72(104)63(40-94)92-71(103)62(35-47-38-83-55-17-9-6-14-52(47)55)91-67(99)58(31-43-20-24-48(76)25-21-43)88-69(101)60(85-42(3)95)33-45-36-81-53-15-7-4-12-50(45)53/h4-9,12-17,20-27,36-38,41,56-64,81-83,94,96H,10-11,18-19,28-35,39-40H2,1-3H3,(H2,77,97)(H,84,105)(H,85,95)(H,86,98)(H,87,102)(H,88,101)(H,89,104)(H,90,100)(H,91,99)(H,92,103)(H4,78,79,80)/t56-,57-,58-,59-,60+,61+,62+,63-,64-/m0/s1. The second kappa shape index (κ2) is 37.1. The Morgan fingerprint density at radius 2 is 0.925 bits per heavy atom. The quantitative estimate of drug-likeness (QED) is 0.0151. The predicted octanol–water partition coefficient (Wildman–Crippen LogP) is 1.80. The van der Waals surface area contributed by atoms with E-state index in [9.17, 15) is 43.8 Å². The number of carbonyl (C=O) groups is 11. The Labute approximate surface area is 615 Å². The minimum Gasteiger partial charge on any atom is -0.508 e. The second-order valence-electron chi connectivity index (χ2n) is 26.7. The fraction of sp³-hybridized carbons (Fsp3) is 0.360. The molecule has 0 bridgehead atoms. The predicted molar refractivity (Wildman–Crippen MR) is 397 cm³/mol. The van der Waals surface area contributed by atoms with Crippen LogP contribution >= 0.6 is 11.6 Å². The van der Waals surface area contributed by atoms with E-state index in [0.717, 1.165) is 10.9 Å². The van der Waals surface area contributed by atoms with Crippen LogP contribution in [0.5, 0.6) is 5.75 Å². The molecule has 8 aromatic rings. The van der Waals surface area contributed by atoms with Crippen molar-refractivity contribution in [2.45, 2.75) is 139 Å². The van der Waals surface area contributed by atoms with E-state index in [1.54, 1.807) is 105 Å². The summed E-state index contributed by atoms with van der Waals surface area (Å²) in [4.78, 5) is 168. The van der Waals surface area contributed by atoms with Gasteiger partial charge >= 0.3 is 0 Å². The van der Waals surface area contributed by atoms with E-state index in [2.05, 4.69) is 68.1 Å². The third kappa shape index (κ3) is 21.7. The number of nitrogens with zero attached hydrogens (tertiary/aromatic N) is 1. The lowest BCUT2D eigenvalue weighted by Crippen LogP contribution is -2.62. The van der Waals surface area contributed by atoms with Crippen LogP contribution in [0.25, 0.3) is 32.7 Å². The maximum Gasteiger partial charge on any atom is 0.245 e. The van der Waals surface area contributed by atoms with Crippen molar-refractivity contribution in [1.82, 2.24) is 73.0 Å². The number of nitrogens with one attached hydrogen (secondary N) is 14. The summed E-state index contributed by atoms with van der Waals surface area (Å²) in [5.41, 5.74) is 15.7. The van der Waals surface area contributed by atoms with Crippen LogP contribution in [0.4, 0.5) is 0 Å². The van der Waals surface area contributed by atoms with Gasteiger partial charge in [0.1, 0.15) is 60.1 Å². The van der Waals surface area contributed by atoms with Gasteiger partial charge in [-0.15, -0.1) is 0 Å². The molecular formula is C75H90ClN17O13. The van der Waals surface area contributed by atoms with Crippen LogP contribution in [-0.2, 0) is 84.8 Å². The molecule has 1 saturated heterocycles. The summed E-state index contributed by atoms with van der Waals surface area (Å²) in [5, 5.41) is 58.7. The first-order chi connectivity index (χ1) is 50.8. The van der Waals surface area contributed by atoms with Gasteiger partial charge in [0.2, 0.25) is 65.0 Å². The molecule has 3 aromatic heterocycles. The fourth-order valence-electron chi connectivity index (χ4n) is 13.0. The van der Waals surface area contributed by atoms with Gasteiger partial charge in [-0.2, -0.15) is 0 Å². The number of aliphatic hydroxyl groups is 1. The average Bonchev–Trinajstić information content (AvgIpc) is 1.76. The van der Waals surface area contributed by atoms with Crippen molar-refractivity contribution in [2.75, 3.05) is 26.2 Å². The number of amides is 11. The minimum atomic E-state index is -1.84. The number of aromatic amines is 3. The summed E-state index contributed by atoms with van der Waals surface area (Å²) in [5.74, 6) is -9.58. The first-order valence-corrected chi connectivity index (χ1v) is 35.3. The number of hydrogen-bond acceptors (Lipinski definition) is 14. The molecule has 106 heavy (non-hydrogen) atoms. The summed E-state index contributed by atoms with van der Waals surface area (Å²) >= 11 is 6.27. The number of halogens is 1. The molecule has 0 aliphatic carbocycles. The number of aromatic nitrogens is 3. The van der Waals surface area contributed by atoms with Crippen LogP contribution in [0.3, 0.4) is 0 Å². The number of likely N-dealkylation sites (tertiary alicyclic amines) is 1. The van der Waals surface area contributed by atoms with Crippen molar-refractivity contribution < 1.29 is 63.0 Å². The van der Waals surface area contributed by atoms with Crippen molar-refractivity contribution in [2.24, 2.45) is 17.4 Å². The van der Waals surface area contributed by atoms with Gasteiger partial charge in [-0.3, -0.25) is 58.1 Å². The van der Waals surface area contributed by atoms with Crippen LogP contribution < -0.4 is 64.6 Å². The Balaban J connectivity index is 0.982. The number of para-hydroxylation sites is 3. The molecule has 31 heteroatoms. The van der Waals surface area contributed by atoms with Gasteiger partial charge in [0.25, 0.3) is 0 Å². The molecule has 1 aliphatic rings. The number of rotatable bonds is 36. The summed E-state index contributed by atoms with van der Waals surface area (Å²) in [6, 6.07) is 21.2. The largest absolute Gasteiger partial charge is 0.508 e. The number of aliphatic hydroxyl groups excluding tert-OH is 1. The topological polar surface area (TPSA) is 475 Å². The molecule has 30 nitrogen and oxygen atoms in total. The third-order valence-corrected chi connectivity index (χ3v) is 18.5. The molecule has 560 valence electrons. The zero-order valence-electron chi connectivity index (χ0n) is 58.8. The van der Waals surface area contributed by atoms with Gasteiger partial charge in [-0.25, -0.2) is 0 Å². The molecule has 9 atom stereocenters. The van der Waals surface area contributed by atoms with E-state index in [1.807, 2.05) is 24.3 Å². The Bertz CT molecular complexity index is 4480. The van der Waals surface area contributed by atoms with E-state index in [-0.39, 0.29) is 88.5 Å². The van der Waals surface area contributed by atoms with Crippen LogP contribution in [0.1, 0.15) is 80.7 Å². The first kappa shape index (κ1) is 78.3. The van der Waals surface area contributed by atoms with Crippen LogP contribution in [0.15, 0.2) is 140 Å². The van der Waals surface area contributed by atoms with Gasteiger partial charge in [0.05, 0.1) is 13.2 Å². The Hall–Kier alpha value is -11.8. The van der Waals surface area contributed by atoms with Crippen molar-refractivity contribution in [3.05, 3.63) is 173 Å². The molecule has 0 radical (unpaired) electrons. The number of phenolic OH excluding ortho intramolecular Hbond substituents is 1. The summed E-state index contributed by atoms with van der Waals surface area (Å²) in [6.45, 7) is 3.60. The first-order valence-electron chi connectivity index (χ1n) is 34.9. The normalized spacial score (nSPS) is 15.0. The molecule has 0 spiro atoms. The number of hydrogen-bond donors (Lipinski definition) is 18. The maximum atomic E-state index is 15.3. The van der Waals surface area contributed by atoms with E-state index < -0.39 is 133 Å². The number of phenols is 1. The lowest BCUT2D eigenvalue weighted by Gasteiger charge is -2.30. The third-order valence-electron chi connectivity index (χ3n) is 18.3. The van der Waals surface area contributed by atoms with Gasteiger partial charge in [-0.1, -0.05) is 104 Å². The van der Waals surface area contributed by atoms with Crippen molar-refractivity contribution in [3.8, 4) is 5.75 Å². The number of carbonyl (C=O) groups excluding carboxylic acids is 11. The number of guanidine groups is 1. The Kier molecular flexibility index (Phi) is 27.4. The molecule has 0 unspecified atom stereocenters. The molecule has 9 rings (SSSR count). The van der Waals surface area contributed by atoms with Gasteiger partial charge < -0.3 is 94.7 Å². The highest BCUT2D eigenvalue weighted by atomic mass is 35.5. The number of fused-ring (bicyclic) bond motifs is 3. The molecule has 4 heterocycles. The van der Waals surface area contributed by atoms with E-state index in [0.29, 0.717) is 61.1 Å². The molecule has 11 amide bonds. The zero-order chi connectivity index (χ0) is 76.1. The summed E-state index contributed by atoms with van der Waals surface area (Å²) < 4.78 is 0. The van der Waals surface area contributed by atoms with Crippen molar-refractivity contribution in [3.63, 3.8) is 0 Å². The second-order valence-corrected chi connectivity index (χ2v) is 27.2. The highest BCUT2D eigenvalue weighted by molar-refractivity contribution is 6.30. The van der Waals surface area contributed by atoms with E-state index in [4.69, 9.17) is 28.5 Å². The van der Waals surface area contributed by atoms with E-state index >= 15 is 19.2 Å². The van der Waals surface area contributed by atoms with Gasteiger partial charge in [0, 0.05) is 108 Å². The molecule has 1 aliphatic heterocycles. The molecule has 1 fully saturated rings. The molecule has 5 aromatic carbocycles. The molecule has 20 N–H and O–H groups in total. The smallest absolute Gasteiger partial charge is 0.245 e. The highest BCUT2D eigenvalue weighted by Gasteiger charge is 2.40. The SMILES string of the molecule is CC(=O)N[C@H](Cc1c[nH]c2ccccc12)C(=O)N[C@@H](Cc1ccc(Cl)cc1)C(=O)N[C@H](Cc1c[nH]c2ccccc12)C(=O)N[C@@H](CO)C(=O)N[C@@H](Cc1ccc(O)cc1)C(=O)N[C@H](Cc1c[nH]c2ccccc12)C(=O)N[C@@H](CC(C)C)C(=O)N[C@@H](CCCNC(=N)N)C(=O)N1CCC[C@H]1C(=O)NCC(N)=O. The molecular weight excluding hydrogens is 1380 g/mol. The number of benzene rings is 5. The summed E-state index contributed by atoms with van der Waals surface area (Å²) in [6.07, 6.45) is 5.04. The minimum absolute atomic E-state index is 0.00806. The monoisotopic (exact) mass is 1470 g/mol. The Morgan fingerprint density at radius 3 is 1.36 bits per heavy atom. The van der Waals surface area contributed by atoms with E-state index in [1.165, 1.54) is 36.1 Å². The van der Waals surface area contributed by atoms with Crippen LogP contribution in [-0.4, -0.2) is 182 Å². The number of H-pyrrole nitrogens is 3. The van der Waals surface area contributed by atoms with Crippen molar-refractivity contribution >= 4 is 115 Å². The lowest BCUT2D eigenvalue weighted by molar-refractivity contribution is -0.142. The molecule has 0 saturated carbocycles. The average molecular weight is 1470 g/mol. The number of aromatic hydroxyl groups is 1. The summed E-state index contributed by atoms with van der Waals surface area (Å²) in [7, 11) is 0. The number of primary amides is 1.